The topological polar surface area (TPSA) is 83.1 Å². The molecule has 428 valence electrons. The van der Waals surface area contributed by atoms with Gasteiger partial charge in [0, 0.05) is 24.1 Å². The van der Waals surface area contributed by atoms with Gasteiger partial charge in [-0.25, -0.2) is 0 Å². The second kappa shape index (κ2) is 25.0. The van der Waals surface area contributed by atoms with Crippen LogP contribution in [0.15, 0.2) is 248 Å². The summed E-state index contributed by atoms with van der Waals surface area (Å²) in [5, 5.41) is 0. The minimum absolute atomic E-state index is 0.0529. The van der Waals surface area contributed by atoms with Gasteiger partial charge < -0.3 is 42.6 Å². The third-order valence-corrected chi connectivity index (χ3v) is 17.0. The normalized spacial score (nSPS) is 18.9. The van der Waals surface area contributed by atoms with Crippen molar-refractivity contribution in [2.45, 2.75) is 77.8 Å². The molecule has 9 aromatic rings. The lowest BCUT2D eigenvalue weighted by atomic mass is 9.48. The number of benzene rings is 9. The first-order chi connectivity index (χ1) is 41.9. The summed E-state index contributed by atoms with van der Waals surface area (Å²) in [4.78, 5) is 0. The first-order valence-electron chi connectivity index (χ1n) is 29.7. The minimum Gasteiger partial charge on any atom is -0.497 e. The van der Waals surface area contributed by atoms with E-state index in [1.807, 2.05) is 115 Å². The van der Waals surface area contributed by atoms with Gasteiger partial charge in [-0.05, 0) is 116 Å². The summed E-state index contributed by atoms with van der Waals surface area (Å²) >= 11 is 0. The molecule has 6 aliphatic carbocycles. The van der Waals surface area contributed by atoms with Gasteiger partial charge in [0.05, 0.1) is 36.6 Å². The van der Waals surface area contributed by atoms with Crippen molar-refractivity contribution < 1.29 is 42.6 Å². The largest absolute Gasteiger partial charge is 0.497 e. The summed E-state index contributed by atoms with van der Waals surface area (Å²) in [5.41, 5.74) is 11.1. The molecule has 9 heteroatoms. The maximum absolute atomic E-state index is 7.34. The van der Waals surface area contributed by atoms with Crippen molar-refractivity contribution in [2.75, 3.05) is 19.8 Å². The Balaban J connectivity index is 0.832. The molecule has 3 atom stereocenters. The Bertz CT molecular complexity index is 3480. The van der Waals surface area contributed by atoms with E-state index in [0.717, 1.165) is 56.9 Å². The zero-order chi connectivity index (χ0) is 57.4. The van der Waals surface area contributed by atoms with Gasteiger partial charge in [-0.1, -0.05) is 190 Å². The highest BCUT2D eigenvalue weighted by atomic mass is 16.5. The molecular formula is C76H70O9. The average Bonchev–Trinajstić information content (AvgIpc) is 1.67. The SMILES string of the molecule is CC[C@H](C)COC1=C[C@]23C=C(OCc4cc(OCc5cc(OCc6ccccc6)cc(OCc6ccccc6)c5)cc(OCc5cc(OCc6ccccc6)cc(OCc6ccccc6)c5)c4)[C@H]1C1c4ccccc4C2(COC3)c2ccccc21. The van der Waals surface area contributed by atoms with Gasteiger partial charge in [-0.2, -0.15) is 0 Å². The summed E-state index contributed by atoms with van der Waals surface area (Å²) in [6.07, 6.45) is 5.80. The molecule has 0 N–H and O–H groups in total. The number of ether oxygens (including phenoxy) is 9. The van der Waals surface area contributed by atoms with Gasteiger partial charge in [0.15, 0.2) is 0 Å². The maximum atomic E-state index is 7.34. The van der Waals surface area contributed by atoms with Crippen LogP contribution in [-0.4, -0.2) is 19.8 Å². The monoisotopic (exact) mass is 1130 g/mol. The van der Waals surface area contributed by atoms with Gasteiger partial charge in [0.2, 0.25) is 0 Å². The van der Waals surface area contributed by atoms with Crippen molar-refractivity contribution in [3.05, 3.63) is 309 Å². The van der Waals surface area contributed by atoms with E-state index in [9.17, 15) is 0 Å². The lowest BCUT2D eigenvalue weighted by Crippen LogP contribution is -2.52. The zero-order valence-electron chi connectivity index (χ0n) is 48.2. The average molecular weight is 1130 g/mol. The second-order valence-electron chi connectivity index (χ2n) is 22.9. The van der Waals surface area contributed by atoms with E-state index in [0.29, 0.717) is 86.7 Å². The molecule has 2 spiro atoms. The van der Waals surface area contributed by atoms with E-state index >= 15 is 0 Å². The molecule has 1 aliphatic heterocycles. The van der Waals surface area contributed by atoms with Crippen molar-refractivity contribution in [1.29, 1.82) is 0 Å². The Morgan fingerprint density at radius 2 is 0.694 bits per heavy atom. The van der Waals surface area contributed by atoms with Crippen LogP contribution in [0.3, 0.4) is 0 Å². The lowest BCUT2D eigenvalue weighted by Gasteiger charge is -2.54. The lowest BCUT2D eigenvalue weighted by molar-refractivity contribution is 0.0863. The molecule has 0 aromatic heterocycles. The Morgan fingerprint density at radius 3 is 1.07 bits per heavy atom. The first-order valence-corrected chi connectivity index (χ1v) is 29.7. The van der Waals surface area contributed by atoms with Crippen molar-refractivity contribution in [1.82, 2.24) is 0 Å². The summed E-state index contributed by atoms with van der Waals surface area (Å²) < 4.78 is 60.4. The van der Waals surface area contributed by atoms with Crippen molar-refractivity contribution in [3.63, 3.8) is 0 Å². The number of hydrogen-bond acceptors (Lipinski definition) is 9. The molecule has 85 heavy (non-hydrogen) atoms. The standard InChI is InChI=1S/C76H70O9/c1-3-53(2)43-84-71-41-75-42-72(74(71)73-67-28-16-18-30-69(67)76(75,52-77-51-75)70-31-19-17-29-68(70)73)85-50-60-36-65(82-48-58-32-61(78-44-54-20-8-4-9-21-54)38-62(33-58)79-45-55-22-10-5-11-23-55)40-66(37-60)83-49-59-34-63(80-46-56-24-12-6-13-25-56)39-64(35-59)81-47-57-26-14-7-15-27-57/h4-42,53,73-74H,3,43-52H2,1-2H3/t53-,73?,74-,75+,76?/m0/s1. The summed E-state index contributed by atoms with van der Waals surface area (Å²) in [5.74, 6) is 5.86. The third kappa shape index (κ3) is 12.0. The third-order valence-electron chi connectivity index (χ3n) is 17.0. The Morgan fingerprint density at radius 1 is 0.365 bits per heavy atom. The van der Waals surface area contributed by atoms with Crippen molar-refractivity contribution in [3.8, 4) is 34.5 Å². The second-order valence-corrected chi connectivity index (χ2v) is 22.9. The van der Waals surface area contributed by atoms with E-state index in [1.165, 1.54) is 22.3 Å². The molecular weight excluding hydrogens is 1060 g/mol. The fourth-order valence-corrected chi connectivity index (χ4v) is 12.5. The van der Waals surface area contributed by atoms with Crippen LogP contribution in [0.5, 0.6) is 34.5 Å². The number of rotatable bonds is 25. The van der Waals surface area contributed by atoms with E-state index in [-0.39, 0.29) is 31.7 Å². The predicted molar refractivity (Wildman–Crippen MR) is 330 cm³/mol. The maximum Gasteiger partial charge on any atom is 0.123 e. The highest BCUT2D eigenvalue weighted by molar-refractivity contribution is 5.65. The van der Waals surface area contributed by atoms with Crippen LogP contribution in [0.25, 0.3) is 0 Å². The van der Waals surface area contributed by atoms with Crippen LogP contribution in [0.4, 0.5) is 0 Å². The Kier molecular flexibility index (Phi) is 16.2. The molecule has 0 unspecified atom stereocenters. The molecule has 7 aliphatic rings. The van der Waals surface area contributed by atoms with Gasteiger partial charge in [0.25, 0.3) is 0 Å². The molecule has 4 bridgehead atoms. The zero-order valence-corrected chi connectivity index (χ0v) is 48.2. The molecule has 0 amide bonds. The van der Waals surface area contributed by atoms with E-state index in [2.05, 4.69) is 135 Å². The quantitative estimate of drug-likeness (QED) is 0.0556. The molecule has 9 nitrogen and oxygen atoms in total. The predicted octanol–water partition coefficient (Wildman–Crippen LogP) is 16.6. The molecule has 0 radical (unpaired) electrons. The summed E-state index contributed by atoms with van der Waals surface area (Å²) in [6, 6.07) is 76.6. The van der Waals surface area contributed by atoms with Crippen LogP contribution in [0.1, 0.15) is 87.4 Å². The molecule has 0 saturated carbocycles. The van der Waals surface area contributed by atoms with Gasteiger partial charge in [0.1, 0.15) is 92.3 Å². The smallest absolute Gasteiger partial charge is 0.123 e. The van der Waals surface area contributed by atoms with Gasteiger partial charge in [-0.3, -0.25) is 0 Å². The van der Waals surface area contributed by atoms with Crippen LogP contribution in [0, 0.1) is 17.3 Å². The van der Waals surface area contributed by atoms with Crippen molar-refractivity contribution >= 4 is 0 Å². The fraction of sp³-hybridized carbons (Fsp3) is 0.237. The summed E-state index contributed by atoms with van der Waals surface area (Å²) in [7, 11) is 0. The van der Waals surface area contributed by atoms with E-state index in [1.54, 1.807) is 0 Å². The van der Waals surface area contributed by atoms with Crippen LogP contribution in [0.2, 0.25) is 0 Å². The highest BCUT2D eigenvalue weighted by Gasteiger charge is 2.65. The minimum atomic E-state index is -0.577. The Labute approximate surface area is 499 Å². The van der Waals surface area contributed by atoms with E-state index in [4.69, 9.17) is 42.6 Å². The molecule has 9 aromatic carbocycles. The fourth-order valence-electron chi connectivity index (χ4n) is 12.5. The van der Waals surface area contributed by atoms with Crippen molar-refractivity contribution in [2.24, 2.45) is 17.3 Å². The first kappa shape index (κ1) is 55.0. The Hall–Kier alpha value is -9.18. The van der Waals surface area contributed by atoms with Gasteiger partial charge in [-0.15, -0.1) is 0 Å². The van der Waals surface area contributed by atoms with E-state index < -0.39 is 10.8 Å². The molecule has 16 rings (SSSR count). The molecule has 1 saturated heterocycles. The summed E-state index contributed by atoms with van der Waals surface area (Å²) in [6.45, 7) is 8.41. The van der Waals surface area contributed by atoms with Crippen LogP contribution >= 0.6 is 0 Å². The van der Waals surface area contributed by atoms with Crippen LogP contribution in [-0.2, 0) is 65.9 Å². The van der Waals surface area contributed by atoms with Crippen LogP contribution < -0.4 is 28.4 Å². The molecule has 1 fully saturated rings. The highest BCUT2D eigenvalue weighted by Crippen LogP contribution is 2.67. The molecule has 1 heterocycles. The van der Waals surface area contributed by atoms with Gasteiger partial charge >= 0.3 is 0 Å². The number of hydrogen-bond donors (Lipinski definition) is 0.